The van der Waals surface area contributed by atoms with Gasteiger partial charge < -0.3 is 20.1 Å². The molecule has 1 heterocycles. The molecule has 0 radical (unpaired) electrons. The molecule has 0 aromatic rings. The predicted molar refractivity (Wildman–Crippen MR) is 34.8 cm³/mol. The van der Waals surface area contributed by atoms with Gasteiger partial charge in [-0.15, -0.1) is 0 Å². The van der Waals surface area contributed by atoms with Gasteiger partial charge in [-0.3, -0.25) is 10.1 Å². The lowest BCUT2D eigenvalue weighted by Crippen LogP contribution is -2.54. The molecule has 0 aromatic heterocycles. The monoisotopic (exact) mass is 179 g/mol. The fourth-order valence-corrected chi connectivity index (χ4v) is 1.09. The summed E-state index contributed by atoms with van der Waals surface area (Å²) in [6, 6.07) is 0. The van der Waals surface area contributed by atoms with E-state index in [1.807, 2.05) is 0 Å². The van der Waals surface area contributed by atoms with E-state index in [0.717, 1.165) is 0 Å². The Hall–Kier alpha value is -0.760. The highest BCUT2D eigenvalue weighted by molar-refractivity contribution is 4.90. The molecule has 3 atom stereocenters. The first-order valence-corrected chi connectivity index (χ1v) is 3.31. The molecule has 0 saturated carbocycles. The molecule has 7 nitrogen and oxygen atoms in total. The van der Waals surface area contributed by atoms with Crippen molar-refractivity contribution in [3.05, 3.63) is 10.1 Å². The molecule has 12 heavy (non-hydrogen) atoms. The van der Waals surface area contributed by atoms with E-state index in [9.17, 15) is 15.2 Å². The maximum absolute atomic E-state index is 10.3. The molecule has 0 bridgehead atoms. The quantitative estimate of drug-likeness (QED) is 0.249. The lowest BCUT2D eigenvalue weighted by atomic mass is 10.1. The van der Waals surface area contributed by atoms with E-state index in [1.165, 1.54) is 0 Å². The van der Waals surface area contributed by atoms with E-state index >= 15 is 0 Å². The third-order valence-corrected chi connectivity index (χ3v) is 1.88. The number of aliphatic hydroxyl groups is 3. The second kappa shape index (κ2) is 2.94. The molecular weight excluding hydrogens is 170 g/mol. The number of rotatable bonds is 2. The number of nitrogens with zero attached hydrogens (tertiary/aromatic N) is 1. The van der Waals surface area contributed by atoms with Crippen LogP contribution < -0.4 is 0 Å². The molecule has 1 saturated heterocycles. The Labute approximate surface area is 67.3 Å². The van der Waals surface area contributed by atoms with Crippen molar-refractivity contribution in [2.24, 2.45) is 0 Å². The van der Waals surface area contributed by atoms with Gasteiger partial charge in [-0.05, 0) is 0 Å². The van der Waals surface area contributed by atoms with Crippen molar-refractivity contribution in [3.63, 3.8) is 0 Å². The predicted octanol–water partition coefficient (Wildman–Crippen LogP) is -2.30. The Morgan fingerprint density at radius 2 is 2.33 bits per heavy atom. The Kier molecular flexibility index (Phi) is 2.29. The van der Waals surface area contributed by atoms with Crippen LogP contribution in [0.1, 0.15) is 0 Å². The summed E-state index contributed by atoms with van der Waals surface area (Å²) in [5.41, 5.74) is -2.57. The third kappa shape index (κ3) is 1.07. The van der Waals surface area contributed by atoms with Crippen molar-refractivity contribution in [2.45, 2.75) is 17.9 Å². The number of hydrogen-bond donors (Lipinski definition) is 3. The minimum Gasteiger partial charge on any atom is -0.393 e. The summed E-state index contributed by atoms with van der Waals surface area (Å²) < 4.78 is 4.60. The molecule has 1 fully saturated rings. The van der Waals surface area contributed by atoms with E-state index in [-0.39, 0.29) is 6.61 Å². The molecule has 0 amide bonds. The van der Waals surface area contributed by atoms with Gasteiger partial charge in [-0.1, -0.05) is 0 Å². The molecule has 1 aliphatic heterocycles. The zero-order valence-corrected chi connectivity index (χ0v) is 6.08. The second-order valence-electron chi connectivity index (χ2n) is 2.56. The van der Waals surface area contributed by atoms with Gasteiger partial charge >= 0.3 is 5.72 Å². The van der Waals surface area contributed by atoms with Crippen molar-refractivity contribution in [2.75, 3.05) is 13.2 Å². The molecule has 1 aliphatic rings. The first-order valence-electron chi connectivity index (χ1n) is 3.31. The summed E-state index contributed by atoms with van der Waals surface area (Å²) in [4.78, 5) is 9.26. The smallest absolute Gasteiger partial charge is 0.378 e. The average molecular weight is 179 g/mol. The van der Waals surface area contributed by atoms with Gasteiger partial charge in [0.15, 0.2) is 12.2 Å². The number of hydrogen-bond acceptors (Lipinski definition) is 6. The van der Waals surface area contributed by atoms with Crippen LogP contribution in [0.3, 0.4) is 0 Å². The number of nitro groups is 1. The van der Waals surface area contributed by atoms with Crippen LogP contribution in [0.4, 0.5) is 0 Å². The van der Waals surface area contributed by atoms with Crippen molar-refractivity contribution in [1.29, 1.82) is 0 Å². The molecule has 7 heteroatoms. The topological polar surface area (TPSA) is 113 Å². The number of ether oxygens (including phenoxy) is 1. The van der Waals surface area contributed by atoms with E-state index < -0.39 is 29.5 Å². The fraction of sp³-hybridized carbons (Fsp3) is 1.00. The highest BCUT2D eigenvalue weighted by Gasteiger charge is 2.61. The van der Waals surface area contributed by atoms with Crippen LogP contribution >= 0.6 is 0 Å². The van der Waals surface area contributed by atoms with Crippen molar-refractivity contribution >= 4 is 0 Å². The molecular formula is C5H9NO6. The summed E-state index contributed by atoms with van der Waals surface area (Å²) >= 11 is 0. The Morgan fingerprint density at radius 3 is 2.67 bits per heavy atom. The summed E-state index contributed by atoms with van der Waals surface area (Å²) in [6.07, 6.45) is -2.95. The van der Waals surface area contributed by atoms with Gasteiger partial charge in [0.1, 0.15) is 0 Å². The minimum absolute atomic E-state index is 0.345. The molecule has 0 unspecified atom stereocenters. The van der Waals surface area contributed by atoms with E-state index in [0.29, 0.717) is 0 Å². The SMILES string of the molecule is O=[N+]([O-])[C@]1(O)[C@H](O)CO[C@H]1CO. The summed E-state index contributed by atoms with van der Waals surface area (Å²) in [5.74, 6) is 0. The maximum atomic E-state index is 10.3. The maximum Gasteiger partial charge on any atom is 0.378 e. The highest BCUT2D eigenvalue weighted by atomic mass is 16.7. The Morgan fingerprint density at radius 1 is 1.75 bits per heavy atom. The molecule has 3 N–H and O–H groups in total. The van der Waals surface area contributed by atoms with Crippen LogP contribution in [0, 0.1) is 10.1 Å². The van der Waals surface area contributed by atoms with Crippen LogP contribution in [0.25, 0.3) is 0 Å². The first kappa shape index (κ1) is 9.33. The molecule has 1 rings (SSSR count). The zero-order chi connectivity index (χ0) is 9.35. The van der Waals surface area contributed by atoms with Gasteiger partial charge in [0.25, 0.3) is 0 Å². The van der Waals surface area contributed by atoms with Gasteiger partial charge in [0.05, 0.1) is 18.1 Å². The standard InChI is InChI=1S/C5H9NO6/c7-1-4-5(9,6(10)11)3(8)2-12-4/h3-4,7-9H,1-2H2/t3-,4+,5+/m1/s1. The molecule has 0 spiro atoms. The molecule has 0 aliphatic carbocycles. The van der Waals surface area contributed by atoms with Gasteiger partial charge in [-0.25, -0.2) is 0 Å². The lowest BCUT2D eigenvalue weighted by molar-refractivity contribution is -0.640. The van der Waals surface area contributed by atoms with E-state index in [4.69, 9.17) is 10.2 Å². The normalized spacial score (nSPS) is 41.6. The van der Waals surface area contributed by atoms with Crippen LogP contribution in [-0.4, -0.2) is 51.4 Å². The second-order valence-corrected chi connectivity index (χ2v) is 2.56. The first-order chi connectivity index (χ1) is 5.53. The van der Waals surface area contributed by atoms with Gasteiger partial charge in [0, 0.05) is 0 Å². The van der Waals surface area contributed by atoms with Gasteiger partial charge in [0.2, 0.25) is 0 Å². The Bertz CT molecular complexity index is 196. The van der Waals surface area contributed by atoms with Crippen LogP contribution in [0.15, 0.2) is 0 Å². The third-order valence-electron chi connectivity index (χ3n) is 1.88. The summed E-state index contributed by atoms with van der Waals surface area (Å²) in [7, 11) is 0. The summed E-state index contributed by atoms with van der Waals surface area (Å²) in [6.45, 7) is -1.04. The summed E-state index contributed by atoms with van der Waals surface area (Å²) in [5, 5.41) is 37.1. The Balaban J connectivity index is 2.88. The average Bonchev–Trinajstić information content (AvgIpc) is 2.30. The van der Waals surface area contributed by atoms with E-state index in [1.54, 1.807) is 0 Å². The van der Waals surface area contributed by atoms with Crippen molar-refractivity contribution < 1.29 is 25.0 Å². The molecule has 0 aromatic carbocycles. The molecule has 70 valence electrons. The number of aliphatic hydroxyl groups excluding tert-OH is 2. The van der Waals surface area contributed by atoms with Crippen LogP contribution in [-0.2, 0) is 4.74 Å². The fourth-order valence-electron chi connectivity index (χ4n) is 1.09. The van der Waals surface area contributed by atoms with Crippen molar-refractivity contribution in [3.8, 4) is 0 Å². The highest BCUT2D eigenvalue weighted by Crippen LogP contribution is 2.26. The van der Waals surface area contributed by atoms with Crippen LogP contribution in [0.5, 0.6) is 0 Å². The zero-order valence-electron chi connectivity index (χ0n) is 6.08. The van der Waals surface area contributed by atoms with Gasteiger partial charge in [-0.2, -0.15) is 0 Å². The van der Waals surface area contributed by atoms with Crippen molar-refractivity contribution in [1.82, 2.24) is 0 Å². The van der Waals surface area contributed by atoms with E-state index in [2.05, 4.69) is 4.74 Å². The lowest BCUT2D eigenvalue weighted by Gasteiger charge is -2.19. The largest absolute Gasteiger partial charge is 0.393 e. The minimum atomic E-state index is -2.57. The van der Waals surface area contributed by atoms with Crippen LogP contribution in [0.2, 0.25) is 0 Å².